The van der Waals surface area contributed by atoms with E-state index in [1.165, 1.54) is 21.0 Å². The zero-order valence-corrected chi connectivity index (χ0v) is 7.29. The lowest BCUT2D eigenvalue weighted by Crippen LogP contribution is -2.38. The number of hydrogen-bond acceptors (Lipinski definition) is 2. The number of carbonyl (C=O) groups excluding carboxylic acids is 2. The molecule has 0 spiro atoms. The number of carbonyl (C=O) groups is 2. The summed E-state index contributed by atoms with van der Waals surface area (Å²) in [5.74, 6) is 0.121. The lowest BCUT2D eigenvalue weighted by molar-refractivity contribution is 0.201. The molecule has 0 aromatic heterocycles. The minimum Gasteiger partial charge on any atom is -0.387 e. The van der Waals surface area contributed by atoms with E-state index in [0.717, 1.165) is 4.90 Å². The highest BCUT2D eigenvalue weighted by Crippen LogP contribution is 1.89. The fourth-order valence-electron chi connectivity index (χ4n) is 0.480. The fourth-order valence-corrected chi connectivity index (χ4v) is 0.480. The van der Waals surface area contributed by atoms with Crippen molar-refractivity contribution >= 4 is 17.9 Å². The summed E-state index contributed by atoms with van der Waals surface area (Å²) in [7, 11) is 2.73. The molecule has 0 saturated carbocycles. The second kappa shape index (κ2) is 4.32. The molecule has 0 aliphatic rings. The van der Waals surface area contributed by atoms with Crippen LogP contribution in [0.5, 0.6) is 0 Å². The van der Waals surface area contributed by atoms with Gasteiger partial charge in [0.05, 0.1) is 0 Å². The van der Waals surface area contributed by atoms with Gasteiger partial charge >= 0.3 is 12.1 Å². The molecule has 0 aliphatic carbocycles. The van der Waals surface area contributed by atoms with Crippen LogP contribution in [0.1, 0.15) is 6.92 Å². The van der Waals surface area contributed by atoms with Crippen molar-refractivity contribution in [2.24, 2.45) is 10.7 Å². The molecule has 0 radical (unpaired) electrons. The van der Waals surface area contributed by atoms with Gasteiger partial charge in [-0.2, -0.15) is 4.99 Å². The van der Waals surface area contributed by atoms with Crippen LogP contribution >= 0.6 is 0 Å². The summed E-state index contributed by atoms with van der Waals surface area (Å²) in [5, 5.41) is 2.27. The van der Waals surface area contributed by atoms with Gasteiger partial charge in [0.15, 0.2) is 0 Å². The predicted octanol–water partition coefficient (Wildman–Crippen LogP) is -0.245. The Balaban J connectivity index is 4.30. The summed E-state index contributed by atoms with van der Waals surface area (Å²) in [6.07, 6.45) is 0. The van der Waals surface area contributed by atoms with Crippen molar-refractivity contribution in [2.45, 2.75) is 6.92 Å². The number of urea groups is 2. The third-order valence-electron chi connectivity index (χ3n) is 1.08. The molecule has 0 heterocycles. The van der Waals surface area contributed by atoms with E-state index in [9.17, 15) is 9.59 Å². The topological polar surface area (TPSA) is 87.8 Å². The van der Waals surface area contributed by atoms with Crippen molar-refractivity contribution in [3.8, 4) is 0 Å². The van der Waals surface area contributed by atoms with Crippen LogP contribution in [0.15, 0.2) is 4.99 Å². The number of nitrogens with zero attached hydrogens (tertiary/aromatic N) is 2. The van der Waals surface area contributed by atoms with Crippen LogP contribution in [0.4, 0.5) is 9.59 Å². The van der Waals surface area contributed by atoms with Crippen LogP contribution in [0.2, 0.25) is 0 Å². The van der Waals surface area contributed by atoms with E-state index < -0.39 is 12.1 Å². The predicted molar refractivity (Wildman–Crippen MR) is 44.9 cm³/mol. The third-order valence-corrected chi connectivity index (χ3v) is 1.08. The number of nitrogens with one attached hydrogen (secondary N) is 1. The van der Waals surface area contributed by atoms with Crippen LogP contribution < -0.4 is 11.1 Å². The molecule has 0 fully saturated rings. The zero-order valence-electron chi connectivity index (χ0n) is 7.29. The highest BCUT2D eigenvalue weighted by atomic mass is 16.2. The Bertz CT molecular complexity index is 220. The van der Waals surface area contributed by atoms with E-state index in [-0.39, 0.29) is 5.84 Å². The van der Waals surface area contributed by atoms with Gasteiger partial charge in [0.2, 0.25) is 0 Å². The van der Waals surface area contributed by atoms with Gasteiger partial charge in [-0.05, 0) is 6.92 Å². The lowest BCUT2D eigenvalue weighted by atomic mass is 10.7. The first-order valence-corrected chi connectivity index (χ1v) is 3.29. The summed E-state index contributed by atoms with van der Waals surface area (Å²) in [4.78, 5) is 26.0. The van der Waals surface area contributed by atoms with Crippen LogP contribution in [0, 0.1) is 0 Å². The molecule has 3 N–H and O–H groups in total. The van der Waals surface area contributed by atoms with Gasteiger partial charge < -0.3 is 11.1 Å². The molecule has 0 aromatic carbocycles. The number of rotatable bonds is 0. The zero-order chi connectivity index (χ0) is 9.72. The smallest absolute Gasteiger partial charge is 0.353 e. The van der Waals surface area contributed by atoms with Gasteiger partial charge in [-0.15, -0.1) is 0 Å². The molecule has 4 amide bonds. The molecular weight excluding hydrogens is 160 g/mol. The Morgan fingerprint density at radius 1 is 1.50 bits per heavy atom. The SMILES string of the molecule is CNC(=O)N(C)C(=O)/N=C(/C)N. The van der Waals surface area contributed by atoms with E-state index >= 15 is 0 Å². The molecule has 6 nitrogen and oxygen atoms in total. The summed E-state index contributed by atoms with van der Waals surface area (Å²) in [6.45, 7) is 1.47. The van der Waals surface area contributed by atoms with E-state index in [1.807, 2.05) is 0 Å². The molecule has 0 aromatic rings. The second-order valence-corrected chi connectivity index (χ2v) is 2.15. The highest BCUT2D eigenvalue weighted by Gasteiger charge is 2.13. The maximum Gasteiger partial charge on any atom is 0.353 e. The molecule has 0 rings (SSSR count). The molecule has 0 unspecified atom stereocenters. The van der Waals surface area contributed by atoms with Crippen molar-refractivity contribution in [3.05, 3.63) is 0 Å². The van der Waals surface area contributed by atoms with Crippen LogP contribution in [0.3, 0.4) is 0 Å². The first kappa shape index (κ1) is 10.4. The maximum atomic E-state index is 11.0. The lowest BCUT2D eigenvalue weighted by Gasteiger charge is -2.10. The minimum absolute atomic E-state index is 0.121. The molecule has 68 valence electrons. The van der Waals surface area contributed by atoms with Gasteiger partial charge in [0.1, 0.15) is 5.84 Å². The monoisotopic (exact) mass is 172 g/mol. The van der Waals surface area contributed by atoms with Crippen molar-refractivity contribution in [3.63, 3.8) is 0 Å². The standard InChI is InChI=1S/C6H12N4O2/c1-4(7)9-6(12)10(3)5(11)8-2/h1-3H3,(H,8,11)(H2,7,9,12). The number of aliphatic imine (C=N–C) groups is 1. The Morgan fingerprint density at radius 3 is 2.33 bits per heavy atom. The second-order valence-electron chi connectivity index (χ2n) is 2.15. The van der Waals surface area contributed by atoms with Gasteiger partial charge in [-0.25, -0.2) is 14.5 Å². The molecular formula is C6H12N4O2. The quantitative estimate of drug-likeness (QED) is 0.390. The highest BCUT2D eigenvalue weighted by molar-refractivity contribution is 5.99. The van der Waals surface area contributed by atoms with E-state index in [1.54, 1.807) is 0 Å². The van der Waals surface area contributed by atoms with Crippen LogP contribution in [-0.4, -0.2) is 36.9 Å². The van der Waals surface area contributed by atoms with Crippen molar-refractivity contribution < 1.29 is 9.59 Å². The van der Waals surface area contributed by atoms with Crippen LogP contribution in [-0.2, 0) is 0 Å². The molecule has 0 bridgehead atoms. The van der Waals surface area contributed by atoms with Crippen molar-refractivity contribution in [2.75, 3.05) is 14.1 Å². The summed E-state index contributed by atoms with van der Waals surface area (Å²) < 4.78 is 0. The Hall–Kier alpha value is -1.59. The van der Waals surface area contributed by atoms with Gasteiger partial charge in [-0.1, -0.05) is 0 Å². The molecule has 12 heavy (non-hydrogen) atoms. The van der Waals surface area contributed by atoms with E-state index in [4.69, 9.17) is 5.73 Å². The molecule has 0 saturated heterocycles. The number of hydrogen-bond donors (Lipinski definition) is 2. The largest absolute Gasteiger partial charge is 0.387 e. The number of imide groups is 1. The van der Waals surface area contributed by atoms with Crippen molar-refractivity contribution in [1.82, 2.24) is 10.2 Å². The number of amides is 4. The summed E-state index contributed by atoms with van der Waals surface area (Å²) >= 11 is 0. The molecule has 6 heteroatoms. The van der Waals surface area contributed by atoms with E-state index in [2.05, 4.69) is 10.3 Å². The summed E-state index contributed by atoms with van der Waals surface area (Å²) in [5.41, 5.74) is 5.14. The normalized spacial score (nSPS) is 10.8. The third kappa shape index (κ3) is 3.00. The Morgan fingerprint density at radius 2 is 2.00 bits per heavy atom. The molecule has 0 atom stereocenters. The van der Waals surface area contributed by atoms with Gasteiger partial charge in [0.25, 0.3) is 0 Å². The van der Waals surface area contributed by atoms with Crippen LogP contribution in [0.25, 0.3) is 0 Å². The van der Waals surface area contributed by atoms with Crippen molar-refractivity contribution in [1.29, 1.82) is 0 Å². The summed E-state index contributed by atoms with van der Waals surface area (Å²) in [6, 6.07) is -1.21. The number of nitrogens with two attached hydrogens (primary N) is 1. The average Bonchev–Trinajstić information content (AvgIpc) is 2.00. The fraction of sp³-hybridized carbons (Fsp3) is 0.500. The first-order valence-electron chi connectivity index (χ1n) is 3.29. The van der Waals surface area contributed by atoms with Gasteiger partial charge in [0, 0.05) is 14.1 Å². The first-order chi connectivity index (χ1) is 5.49. The Labute approximate surface area is 70.4 Å². The van der Waals surface area contributed by atoms with Gasteiger partial charge in [-0.3, -0.25) is 0 Å². The van der Waals surface area contributed by atoms with E-state index in [0.29, 0.717) is 0 Å². The molecule has 0 aliphatic heterocycles. The Kier molecular flexibility index (Phi) is 3.75. The number of amidine groups is 1. The maximum absolute atomic E-state index is 11.0. The minimum atomic E-state index is -0.686. The average molecular weight is 172 g/mol.